The third kappa shape index (κ3) is 3.54. The minimum Gasteiger partial charge on any atom is -0.370 e. The van der Waals surface area contributed by atoms with E-state index in [2.05, 4.69) is 5.10 Å². The molecular weight excluding hydrogens is 359 g/mol. The summed E-state index contributed by atoms with van der Waals surface area (Å²) in [5, 5.41) is 5.45. The lowest BCUT2D eigenvalue weighted by atomic mass is 10.0. The van der Waals surface area contributed by atoms with Crippen molar-refractivity contribution in [3.8, 4) is 16.9 Å². The van der Waals surface area contributed by atoms with Crippen molar-refractivity contribution in [1.29, 1.82) is 0 Å². The van der Waals surface area contributed by atoms with Gasteiger partial charge < -0.3 is 11.5 Å². The second-order valence-corrected chi connectivity index (χ2v) is 6.32. The van der Waals surface area contributed by atoms with Crippen molar-refractivity contribution in [1.82, 2.24) is 9.78 Å². The van der Waals surface area contributed by atoms with E-state index >= 15 is 0 Å². The van der Waals surface area contributed by atoms with Crippen molar-refractivity contribution in [2.45, 2.75) is 12.5 Å². The van der Waals surface area contributed by atoms with E-state index < -0.39 is 11.9 Å². The fourth-order valence-electron chi connectivity index (χ4n) is 2.65. The number of hydrogen-bond donors (Lipinski definition) is 2. The maximum Gasteiger partial charge on any atom is 0.219 e. The van der Waals surface area contributed by atoms with Crippen LogP contribution in [-0.2, 0) is 4.79 Å². The van der Waals surface area contributed by atoms with Gasteiger partial charge >= 0.3 is 0 Å². The SMILES string of the molecule is NC(=O)CC(N)c1c(-c2ccccc2Cl)nn(-c2ccccc2)c1Cl. The van der Waals surface area contributed by atoms with Crippen LogP contribution in [0.4, 0.5) is 0 Å². The van der Waals surface area contributed by atoms with Gasteiger partial charge in [-0.3, -0.25) is 4.79 Å². The summed E-state index contributed by atoms with van der Waals surface area (Å²) in [4.78, 5) is 11.3. The van der Waals surface area contributed by atoms with Crippen molar-refractivity contribution in [2.24, 2.45) is 11.5 Å². The number of rotatable bonds is 5. The molecule has 0 saturated carbocycles. The van der Waals surface area contributed by atoms with E-state index in [0.717, 1.165) is 5.69 Å². The van der Waals surface area contributed by atoms with E-state index in [-0.39, 0.29) is 6.42 Å². The number of benzene rings is 2. The van der Waals surface area contributed by atoms with Crippen molar-refractivity contribution < 1.29 is 4.79 Å². The average molecular weight is 375 g/mol. The van der Waals surface area contributed by atoms with Crippen molar-refractivity contribution in [3.63, 3.8) is 0 Å². The Bertz CT molecular complexity index is 909. The summed E-state index contributed by atoms with van der Waals surface area (Å²) in [6.07, 6.45) is -0.0440. The van der Waals surface area contributed by atoms with Crippen molar-refractivity contribution in [2.75, 3.05) is 0 Å². The fraction of sp³-hybridized carbons (Fsp3) is 0.111. The average Bonchev–Trinajstić information content (AvgIpc) is 2.92. The van der Waals surface area contributed by atoms with Gasteiger partial charge in [0.25, 0.3) is 0 Å². The molecule has 4 N–H and O–H groups in total. The topological polar surface area (TPSA) is 86.9 Å². The molecule has 1 aromatic heterocycles. The molecule has 2 aromatic carbocycles. The Labute approximate surface area is 155 Å². The van der Waals surface area contributed by atoms with Crippen LogP contribution in [0.25, 0.3) is 16.9 Å². The summed E-state index contributed by atoms with van der Waals surface area (Å²) in [6, 6.07) is 16.0. The number of carbonyl (C=O) groups is 1. The van der Waals surface area contributed by atoms with Gasteiger partial charge in [0.05, 0.1) is 10.7 Å². The molecule has 0 fully saturated rings. The Balaban J connectivity index is 2.22. The summed E-state index contributed by atoms with van der Waals surface area (Å²) < 4.78 is 1.58. The number of primary amides is 1. The van der Waals surface area contributed by atoms with Crippen LogP contribution in [0.3, 0.4) is 0 Å². The molecule has 0 aliphatic heterocycles. The molecule has 0 bridgehead atoms. The number of nitrogens with two attached hydrogens (primary N) is 2. The number of nitrogens with zero attached hydrogens (tertiary/aromatic N) is 2. The maximum absolute atomic E-state index is 11.3. The minimum atomic E-state index is -0.686. The Morgan fingerprint density at radius 3 is 2.36 bits per heavy atom. The predicted octanol–water partition coefficient (Wildman–Crippen LogP) is 3.72. The number of amides is 1. The molecule has 1 atom stereocenters. The normalized spacial score (nSPS) is 12.1. The number of hydrogen-bond acceptors (Lipinski definition) is 3. The molecular formula is C18H16Cl2N4O. The van der Waals surface area contributed by atoms with Crippen LogP contribution in [0.15, 0.2) is 54.6 Å². The molecule has 7 heteroatoms. The zero-order chi connectivity index (χ0) is 18.0. The Morgan fingerprint density at radius 1 is 1.08 bits per heavy atom. The molecule has 3 aromatic rings. The lowest BCUT2D eigenvalue weighted by molar-refractivity contribution is -0.118. The zero-order valence-electron chi connectivity index (χ0n) is 13.2. The highest BCUT2D eigenvalue weighted by molar-refractivity contribution is 6.34. The number of aromatic nitrogens is 2. The van der Waals surface area contributed by atoms with Gasteiger partial charge in [-0.25, -0.2) is 4.68 Å². The molecule has 128 valence electrons. The Kier molecular flexibility index (Phi) is 5.08. The molecule has 0 aliphatic carbocycles. The van der Waals surface area contributed by atoms with E-state index in [1.807, 2.05) is 48.5 Å². The number of halogens is 2. The summed E-state index contributed by atoms with van der Waals surface area (Å²) in [5.41, 5.74) is 14.0. The first kappa shape index (κ1) is 17.5. The molecule has 0 radical (unpaired) electrons. The van der Waals surface area contributed by atoms with Crippen molar-refractivity contribution in [3.05, 3.63) is 70.3 Å². The Morgan fingerprint density at radius 2 is 1.72 bits per heavy atom. The summed E-state index contributed by atoms with van der Waals surface area (Å²) >= 11 is 12.9. The van der Waals surface area contributed by atoms with Crippen molar-refractivity contribution >= 4 is 29.1 Å². The standard InChI is InChI=1S/C18H16Cl2N4O/c19-13-9-5-4-8-12(13)17-16(14(21)10-15(22)25)18(20)24(23-17)11-6-2-1-3-7-11/h1-9,14H,10,21H2,(H2,22,25). The molecule has 0 aliphatic rings. The summed E-state index contributed by atoms with van der Waals surface area (Å²) in [7, 11) is 0. The van der Waals surface area contributed by atoms with Gasteiger partial charge in [-0.15, -0.1) is 0 Å². The molecule has 3 rings (SSSR count). The van der Waals surface area contributed by atoms with E-state index in [0.29, 0.717) is 27.0 Å². The third-order valence-corrected chi connectivity index (χ3v) is 4.48. The van der Waals surface area contributed by atoms with Gasteiger partial charge in [-0.1, -0.05) is 59.6 Å². The molecule has 1 unspecified atom stereocenters. The van der Waals surface area contributed by atoms with Crippen LogP contribution >= 0.6 is 23.2 Å². The number of carbonyl (C=O) groups excluding carboxylic acids is 1. The van der Waals surface area contributed by atoms with E-state index in [9.17, 15) is 4.79 Å². The van der Waals surface area contributed by atoms with Crippen LogP contribution < -0.4 is 11.5 Å². The van der Waals surface area contributed by atoms with Crippen LogP contribution in [0.5, 0.6) is 0 Å². The lowest BCUT2D eigenvalue weighted by Crippen LogP contribution is -2.21. The second kappa shape index (κ2) is 7.27. The fourth-order valence-corrected chi connectivity index (χ4v) is 3.24. The highest BCUT2D eigenvalue weighted by atomic mass is 35.5. The monoisotopic (exact) mass is 374 g/mol. The Hall–Kier alpha value is -2.34. The first-order valence-corrected chi connectivity index (χ1v) is 8.37. The highest BCUT2D eigenvalue weighted by Crippen LogP contribution is 2.38. The van der Waals surface area contributed by atoms with Gasteiger partial charge in [0, 0.05) is 23.6 Å². The number of para-hydroxylation sites is 1. The first-order chi connectivity index (χ1) is 12.0. The molecule has 1 heterocycles. The largest absolute Gasteiger partial charge is 0.370 e. The van der Waals surface area contributed by atoms with E-state index in [1.54, 1.807) is 10.7 Å². The molecule has 5 nitrogen and oxygen atoms in total. The van der Waals surface area contributed by atoms with E-state index in [4.69, 9.17) is 34.7 Å². The summed E-state index contributed by atoms with van der Waals surface area (Å²) in [5.74, 6) is -0.513. The van der Waals surface area contributed by atoms with E-state index in [1.165, 1.54) is 0 Å². The van der Waals surface area contributed by atoms with Crippen LogP contribution in [-0.4, -0.2) is 15.7 Å². The van der Waals surface area contributed by atoms with Crippen LogP contribution in [0.1, 0.15) is 18.0 Å². The minimum absolute atomic E-state index is 0.0440. The molecule has 0 saturated heterocycles. The van der Waals surface area contributed by atoms with Gasteiger partial charge in [-0.2, -0.15) is 5.10 Å². The maximum atomic E-state index is 11.3. The lowest BCUT2D eigenvalue weighted by Gasteiger charge is -2.11. The second-order valence-electron chi connectivity index (χ2n) is 5.56. The predicted molar refractivity (Wildman–Crippen MR) is 99.8 cm³/mol. The van der Waals surface area contributed by atoms with Gasteiger partial charge in [-0.05, 0) is 18.2 Å². The van der Waals surface area contributed by atoms with Gasteiger partial charge in [0.1, 0.15) is 10.8 Å². The van der Waals surface area contributed by atoms with Crippen LogP contribution in [0.2, 0.25) is 10.2 Å². The third-order valence-electron chi connectivity index (χ3n) is 3.78. The van der Waals surface area contributed by atoms with Crippen LogP contribution in [0, 0.1) is 0 Å². The molecule has 1 amide bonds. The smallest absolute Gasteiger partial charge is 0.219 e. The van der Waals surface area contributed by atoms with Gasteiger partial charge in [0.2, 0.25) is 5.91 Å². The molecule has 25 heavy (non-hydrogen) atoms. The quantitative estimate of drug-likeness (QED) is 0.713. The highest BCUT2D eigenvalue weighted by Gasteiger charge is 2.25. The first-order valence-electron chi connectivity index (χ1n) is 7.61. The van der Waals surface area contributed by atoms with Gasteiger partial charge in [0.15, 0.2) is 0 Å². The molecule has 0 spiro atoms. The zero-order valence-corrected chi connectivity index (χ0v) is 14.7. The summed E-state index contributed by atoms with van der Waals surface area (Å²) in [6.45, 7) is 0.